The molecule has 1 rings (SSSR count). The Hall–Kier alpha value is -0.860. The third kappa shape index (κ3) is 2.64. The summed E-state index contributed by atoms with van der Waals surface area (Å²) in [6.07, 6.45) is 3.91. The summed E-state index contributed by atoms with van der Waals surface area (Å²) < 4.78 is 12.1. The minimum absolute atomic E-state index is 0.232. The van der Waals surface area contributed by atoms with Gasteiger partial charge in [0.25, 0.3) is 0 Å². The van der Waals surface area contributed by atoms with Crippen LogP contribution in [0.3, 0.4) is 0 Å². The van der Waals surface area contributed by atoms with Crippen molar-refractivity contribution in [3.63, 3.8) is 0 Å². The van der Waals surface area contributed by atoms with Crippen LogP contribution in [0.25, 0.3) is 0 Å². The SMILES string of the molecule is C/C=C(\CF)C(=O)NCC1CC1. The van der Waals surface area contributed by atoms with Gasteiger partial charge in [0.05, 0.1) is 0 Å². The van der Waals surface area contributed by atoms with E-state index in [-0.39, 0.29) is 11.5 Å². The van der Waals surface area contributed by atoms with Crippen LogP contribution in [0.1, 0.15) is 19.8 Å². The maximum atomic E-state index is 12.1. The van der Waals surface area contributed by atoms with Gasteiger partial charge >= 0.3 is 0 Å². The van der Waals surface area contributed by atoms with Crippen molar-refractivity contribution in [3.8, 4) is 0 Å². The third-order valence-corrected chi connectivity index (χ3v) is 2.03. The number of hydrogen-bond acceptors (Lipinski definition) is 1. The molecule has 3 heteroatoms. The van der Waals surface area contributed by atoms with Crippen LogP contribution in [-0.2, 0) is 4.79 Å². The molecule has 0 saturated heterocycles. The first-order chi connectivity index (χ1) is 5.77. The number of halogens is 1. The fourth-order valence-electron chi connectivity index (χ4n) is 0.941. The molecule has 0 aromatic rings. The van der Waals surface area contributed by atoms with Gasteiger partial charge in [0.15, 0.2) is 0 Å². The summed E-state index contributed by atoms with van der Waals surface area (Å²) >= 11 is 0. The minimum atomic E-state index is -0.674. The first-order valence-electron chi connectivity index (χ1n) is 4.27. The smallest absolute Gasteiger partial charge is 0.249 e. The highest BCUT2D eigenvalue weighted by atomic mass is 19.1. The largest absolute Gasteiger partial charge is 0.352 e. The van der Waals surface area contributed by atoms with Gasteiger partial charge in [-0.3, -0.25) is 4.79 Å². The summed E-state index contributed by atoms with van der Waals surface area (Å²) in [4.78, 5) is 11.1. The summed E-state index contributed by atoms with van der Waals surface area (Å²) in [7, 11) is 0. The monoisotopic (exact) mass is 171 g/mol. The Kier molecular flexibility index (Phi) is 3.26. The van der Waals surface area contributed by atoms with Crippen molar-refractivity contribution in [1.82, 2.24) is 5.32 Å². The van der Waals surface area contributed by atoms with Crippen molar-refractivity contribution in [1.29, 1.82) is 0 Å². The molecule has 12 heavy (non-hydrogen) atoms. The molecule has 0 aromatic heterocycles. The van der Waals surface area contributed by atoms with Crippen LogP contribution in [0.5, 0.6) is 0 Å². The maximum absolute atomic E-state index is 12.1. The lowest BCUT2D eigenvalue weighted by atomic mass is 10.2. The molecule has 0 unspecified atom stereocenters. The van der Waals surface area contributed by atoms with Crippen LogP contribution in [0, 0.1) is 5.92 Å². The van der Waals surface area contributed by atoms with E-state index in [0.717, 1.165) is 0 Å². The third-order valence-electron chi connectivity index (χ3n) is 2.03. The van der Waals surface area contributed by atoms with E-state index in [1.54, 1.807) is 6.92 Å². The minimum Gasteiger partial charge on any atom is -0.352 e. The Bertz CT molecular complexity index is 197. The average molecular weight is 171 g/mol. The van der Waals surface area contributed by atoms with E-state index in [2.05, 4.69) is 5.32 Å². The molecule has 0 heterocycles. The van der Waals surface area contributed by atoms with Crippen molar-refractivity contribution < 1.29 is 9.18 Å². The van der Waals surface area contributed by atoms with Crippen LogP contribution >= 0.6 is 0 Å². The van der Waals surface area contributed by atoms with Crippen molar-refractivity contribution in [2.75, 3.05) is 13.2 Å². The molecule has 0 aliphatic heterocycles. The van der Waals surface area contributed by atoms with Gasteiger partial charge in [0.2, 0.25) is 5.91 Å². The Morgan fingerprint density at radius 2 is 2.33 bits per heavy atom. The average Bonchev–Trinajstić information content (AvgIpc) is 2.86. The summed E-state index contributed by atoms with van der Waals surface area (Å²) in [6, 6.07) is 0. The second kappa shape index (κ2) is 4.24. The Balaban J connectivity index is 2.24. The summed E-state index contributed by atoms with van der Waals surface area (Å²) in [5.74, 6) is 0.388. The number of hydrogen-bond donors (Lipinski definition) is 1. The van der Waals surface area contributed by atoms with Crippen LogP contribution in [-0.4, -0.2) is 19.1 Å². The zero-order valence-electron chi connectivity index (χ0n) is 7.27. The van der Waals surface area contributed by atoms with Crippen LogP contribution < -0.4 is 5.32 Å². The molecule has 1 amide bonds. The predicted molar refractivity (Wildman–Crippen MR) is 45.5 cm³/mol. The molecule has 0 radical (unpaired) electrons. The Labute approximate surface area is 71.8 Å². The van der Waals surface area contributed by atoms with Gasteiger partial charge in [0.1, 0.15) is 6.67 Å². The van der Waals surface area contributed by atoms with E-state index in [4.69, 9.17) is 0 Å². The zero-order valence-corrected chi connectivity index (χ0v) is 7.27. The fraction of sp³-hybridized carbons (Fsp3) is 0.667. The number of allylic oxidation sites excluding steroid dienone is 1. The van der Waals surface area contributed by atoms with E-state index >= 15 is 0 Å². The highest BCUT2D eigenvalue weighted by molar-refractivity contribution is 5.93. The van der Waals surface area contributed by atoms with Gasteiger partial charge in [-0.2, -0.15) is 0 Å². The van der Waals surface area contributed by atoms with Gasteiger partial charge in [-0.25, -0.2) is 4.39 Å². The zero-order chi connectivity index (χ0) is 8.97. The van der Waals surface area contributed by atoms with E-state index in [1.165, 1.54) is 18.9 Å². The molecule has 1 saturated carbocycles. The molecule has 1 aliphatic carbocycles. The summed E-state index contributed by atoms with van der Waals surface area (Å²) in [6.45, 7) is 1.70. The highest BCUT2D eigenvalue weighted by Crippen LogP contribution is 2.27. The van der Waals surface area contributed by atoms with Crippen molar-refractivity contribution >= 4 is 5.91 Å². The van der Waals surface area contributed by atoms with Gasteiger partial charge < -0.3 is 5.32 Å². The van der Waals surface area contributed by atoms with Crippen LogP contribution in [0.15, 0.2) is 11.6 Å². The Morgan fingerprint density at radius 3 is 2.75 bits per heavy atom. The number of amides is 1. The van der Waals surface area contributed by atoms with E-state index in [1.807, 2.05) is 0 Å². The molecule has 1 N–H and O–H groups in total. The summed E-state index contributed by atoms with van der Waals surface area (Å²) in [5, 5.41) is 2.70. The lowest BCUT2D eigenvalue weighted by Crippen LogP contribution is -2.27. The molecular weight excluding hydrogens is 157 g/mol. The molecule has 0 atom stereocenters. The number of carbonyl (C=O) groups is 1. The molecule has 68 valence electrons. The van der Waals surface area contributed by atoms with E-state index in [0.29, 0.717) is 12.5 Å². The molecule has 1 fully saturated rings. The molecule has 2 nitrogen and oxygen atoms in total. The van der Waals surface area contributed by atoms with E-state index < -0.39 is 6.67 Å². The topological polar surface area (TPSA) is 29.1 Å². The molecule has 1 aliphatic rings. The second-order valence-corrected chi connectivity index (χ2v) is 3.10. The second-order valence-electron chi connectivity index (χ2n) is 3.10. The number of rotatable bonds is 4. The lowest BCUT2D eigenvalue weighted by Gasteiger charge is -2.03. The molecule has 0 bridgehead atoms. The number of carbonyl (C=O) groups excluding carboxylic acids is 1. The highest BCUT2D eigenvalue weighted by Gasteiger charge is 2.22. The molecule has 0 aromatic carbocycles. The van der Waals surface area contributed by atoms with Crippen molar-refractivity contribution in [2.45, 2.75) is 19.8 Å². The fourth-order valence-corrected chi connectivity index (χ4v) is 0.941. The van der Waals surface area contributed by atoms with Crippen molar-refractivity contribution in [3.05, 3.63) is 11.6 Å². The van der Waals surface area contributed by atoms with Gasteiger partial charge in [-0.05, 0) is 25.7 Å². The van der Waals surface area contributed by atoms with Gasteiger partial charge in [0, 0.05) is 12.1 Å². The molecular formula is C9H14FNO. The first kappa shape index (κ1) is 9.23. The number of nitrogens with one attached hydrogen (secondary N) is 1. The van der Waals surface area contributed by atoms with Crippen LogP contribution in [0.4, 0.5) is 4.39 Å². The number of alkyl halides is 1. The lowest BCUT2D eigenvalue weighted by molar-refractivity contribution is -0.117. The van der Waals surface area contributed by atoms with E-state index in [9.17, 15) is 9.18 Å². The predicted octanol–water partition coefficient (Wildman–Crippen LogP) is 1.43. The van der Waals surface area contributed by atoms with Crippen molar-refractivity contribution in [2.24, 2.45) is 5.92 Å². The maximum Gasteiger partial charge on any atom is 0.249 e. The summed E-state index contributed by atoms with van der Waals surface area (Å²) in [5.41, 5.74) is 0.232. The van der Waals surface area contributed by atoms with Crippen LogP contribution in [0.2, 0.25) is 0 Å². The molecule has 0 spiro atoms. The normalized spacial score (nSPS) is 17.7. The van der Waals surface area contributed by atoms with Gasteiger partial charge in [-0.1, -0.05) is 6.08 Å². The Morgan fingerprint density at radius 1 is 1.67 bits per heavy atom. The quantitative estimate of drug-likeness (QED) is 0.637. The van der Waals surface area contributed by atoms with Gasteiger partial charge in [-0.15, -0.1) is 0 Å². The first-order valence-corrected chi connectivity index (χ1v) is 4.27. The standard InChI is InChI=1S/C9H14FNO/c1-2-8(5-10)9(12)11-6-7-3-4-7/h2,7H,3-6H2,1H3,(H,11,12)/b8-2+.